The van der Waals surface area contributed by atoms with Gasteiger partial charge in [-0.05, 0) is 30.5 Å². The summed E-state index contributed by atoms with van der Waals surface area (Å²) in [4.78, 5) is 13.6. The van der Waals surface area contributed by atoms with Crippen LogP contribution in [0.3, 0.4) is 0 Å². The summed E-state index contributed by atoms with van der Waals surface area (Å²) in [5, 5.41) is 9.55. The zero-order valence-electron chi connectivity index (χ0n) is 10.8. The van der Waals surface area contributed by atoms with Crippen molar-refractivity contribution in [2.24, 2.45) is 0 Å². The largest absolute Gasteiger partial charge is 0.480 e. The van der Waals surface area contributed by atoms with Gasteiger partial charge in [0.1, 0.15) is 6.04 Å². The van der Waals surface area contributed by atoms with Crippen molar-refractivity contribution < 1.29 is 14.6 Å². The van der Waals surface area contributed by atoms with Gasteiger partial charge >= 0.3 is 5.97 Å². The maximum Gasteiger partial charge on any atom is 0.325 e. The molecule has 0 aromatic heterocycles. The van der Waals surface area contributed by atoms with Crippen LogP contribution in [0, 0.1) is 13.8 Å². The van der Waals surface area contributed by atoms with Crippen LogP contribution in [0.4, 0.5) is 0 Å². The van der Waals surface area contributed by atoms with Gasteiger partial charge in [-0.2, -0.15) is 0 Å². The Morgan fingerprint density at radius 3 is 2.33 bits per heavy atom. The predicted molar refractivity (Wildman–Crippen MR) is 68.7 cm³/mol. The molecule has 0 aliphatic carbocycles. The number of hydrogen-bond acceptors (Lipinski definition) is 3. The van der Waals surface area contributed by atoms with Gasteiger partial charge in [-0.1, -0.05) is 18.2 Å². The van der Waals surface area contributed by atoms with Crippen molar-refractivity contribution in [3.8, 4) is 0 Å². The zero-order chi connectivity index (χ0) is 13.1. The quantitative estimate of drug-likeness (QED) is 0.887. The molecule has 1 atom stereocenters. The third kappa shape index (κ3) is 2.54. The molecule has 2 rings (SSSR count). The Labute approximate surface area is 107 Å². The van der Waals surface area contributed by atoms with Crippen LogP contribution in [0.1, 0.15) is 22.7 Å². The first-order valence-electron chi connectivity index (χ1n) is 6.22. The van der Waals surface area contributed by atoms with Gasteiger partial charge in [0.25, 0.3) is 0 Å². The normalized spacial score (nSPS) is 18.6. The number of hydrogen-bond donors (Lipinski definition) is 1. The number of carboxylic acids is 1. The first kappa shape index (κ1) is 13.1. The molecule has 4 nitrogen and oxygen atoms in total. The standard InChI is InChI=1S/C14H19NO3/c1-10-4-3-5-11(2)12(10)13(14(16)17)15-6-8-18-9-7-15/h3-5,13H,6-9H2,1-2H3,(H,16,17). The minimum atomic E-state index is -0.783. The minimum absolute atomic E-state index is 0.560. The van der Waals surface area contributed by atoms with Gasteiger partial charge in [-0.25, -0.2) is 0 Å². The lowest BCUT2D eigenvalue weighted by atomic mass is 9.95. The molecule has 98 valence electrons. The molecule has 1 aromatic rings. The molecule has 1 aliphatic heterocycles. The number of ether oxygens (including phenoxy) is 1. The maximum atomic E-state index is 11.6. The summed E-state index contributed by atoms with van der Waals surface area (Å²) >= 11 is 0. The van der Waals surface area contributed by atoms with Gasteiger partial charge in [-0.15, -0.1) is 0 Å². The second-order valence-corrected chi connectivity index (χ2v) is 4.69. The van der Waals surface area contributed by atoms with Crippen molar-refractivity contribution in [3.05, 3.63) is 34.9 Å². The molecule has 0 saturated carbocycles. The number of benzene rings is 1. The molecule has 1 saturated heterocycles. The Balaban J connectivity index is 2.37. The van der Waals surface area contributed by atoms with Crippen molar-refractivity contribution in [2.45, 2.75) is 19.9 Å². The van der Waals surface area contributed by atoms with Gasteiger partial charge in [0.15, 0.2) is 0 Å². The molecule has 1 aliphatic rings. The molecule has 0 spiro atoms. The number of nitrogens with zero attached hydrogens (tertiary/aromatic N) is 1. The molecular formula is C14H19NO3. The molecule has 1 N–H and O–H groups in total. The predicted octanol–water partition coefficient (Wildman–Crippen LogP) is 1.76. The maximum absolute atomic E-state index is 11.6. The monoisotopic (exact) mass is 249 g/mol. The lowest BCUT2D eigenvalue weighted by Gasteiger charge is -2.33. The van der Waals surface area contributed by atoms with E-state index in [-0.39, 0.29) is 0 Å². The smallest absolute Gasteiger partial charge is 0.325 e. The second-order valence-electron chi connectivity index (χ2n) is 4.69. The van der Waals surface area contributed by atoms with E-state index < -0.39 is 12.0 Å². The fourth-order valence-corrected chi connectivity index (χ4v) is 2.56. The van der Waals surface area contributed by atoms with E-state index in [0.29, 0.717) is 26.3 Å². The van der Waals surface area contributed by atoms with E-state index in [1.54, 1.807) is 0 Å². The van der Waals surface area contributed by atoms with Crippen molar-refractivity contribution in [1.29, 1.82) is 0 Å². The summed E-state index contributed by atoms with van der Waals surface area (Å²) in [6.07, 6.45) is 0. The summed E-state index contributed by atoms with van der Waals surface area (Å²) in [5.74, 6) is -0.783. The Hall–Kier alpha value is -1.39. The molecular weight excluding hydrogens is 230 g/mol. The third-order valence-electron chi connectivity index (χ3n) is 3.46. The number of aryl methyl sites for hydroxylation is 2. The summed E-state index contributed by atoms with van der Waals surface area (Å²) < 4.78 is 5.29. The minimum Gasteiger partial charge on any atom is -0.480 e. The Kier molecular flexibility index (Phi) is 3.99. The highest BCUT2D eigenvalue weighted by Crippen LogP contribution is 2.28. The van der Waals surface area contributed by atoms with E-state index in [9.17, 15) is 9.90 Å². The van der Waals surface area contributed by atoms with Gasteiger partial charge < -0.3 is 9.84 Å². The SMILES string of the molecule is Cc1cccc(C)c1C(C(=O)O)N1CCOCC1. The van der Waals surface area contributed by atoms with E-state index >= 15 is 0 Å². The van der Waals surface area contributed by atoms with Gasteiger partial charge in [0.05, 0.1) is 13.2 Å². The van der Waals surface area contributed by atoms with Crippen LogP contribution in [0.5, 0.6) is 0 Å². The molecule has 0 bridgehead atoms. The summed E-state index contributed by atoms with van der Waals surface area (Å²) in [5.41, 5.74) is 3.00. The summed E-state index contributed by atoms with van der Waals surface area (Å²) in [6, 6.07) is 5.35. The van der Waals surface area contributed by atoms with Gasteiger partial charge in [-0.3, -0.25) is 9.69 Å². The van der Waals surface area contributed by atoms with E-state index in [1.807, 2.05) is 36.9 Å². The number of aliphatic carboxylic acids is 1. The number of rotatable bonds is 3. The van der Waals surface area contributed by atoms with Crippen molar-refractivity contribution in [3.63, 3.8) is 0 Å². The summed E-state index contributed by atoms with van der Waals surface area (Å²) in [7, 11) is 0. The highest BCUT2D eigenvalue weighted by atomic mass is 16.5. The summed E-state index contributed by atoms with van der Waals surface area (Å²) in [6.45, 7) is 6.50. The second kappa shape index (κ2) is 5.50. The topological polar surface area (TPSA) is 49.8 Å². The molecule has 0 amide bonds. The third-order valence-corrected chi connectivity index (χ3v) is 3.46. The number of carboxylic acid groups (broad SMARTS) is 1. The van der Waals surface area contributed by atoms with E-state index in [4.69, 9.17) is 4.74 Å². The van der Waals surface area contributed by atoms with Crippen molar-refractivity contribution in [2.75, 3.05) is 26.3 Å². The van der Waals surface area contributed by atoms with E-state index in [2.05, 4.69) is 0 Å². The van der Waals surface area contributed by atoms with E-state index in [0.717, 1.165) is 16.7 Å². The van der Waals surface area contributed by atoms with Crippen LogP contribution in [-0.4, -0.2) is 42.3 Å². The molecule has 1 heterocycles. The molecule has 1 unspecified atom stereocenters. The highest BCUT2D eigenvalue weighted by Gasteiger charge is 2.30. The highest BCUT2D eigenvalue weighted by molar-refractivity contribution is 5.76. The molecule has 0 radical (unpaired) electrons. The van der Waals surface area contributed by atoms with Crippen LogP contribution < -0.4 is 0 Å². The first-order chi connectivity index (χ1) is 8.61. The Bertz CT molecular complexity index is 418. The van der Waals surface area contributed by atoms with Gasteiger partial charge in [0, 0.05) is 13.1 Å². The van der Waals surface area contributed by atoms with E-state index in [1.165, 1.54) is 0 Å². The van der Waals surface area contributed by atoms with Gasteiger partial charge in [0.2, 0.25) is 0 Å². The lowest BCUT2D eigenvalue weighted by molar-refractivity contribution is -0.145. The number of carbonyl (C=O) groups is 1. The van der Waals surface area contributed by atoms with Crippen LogP contribution in [0.15, 0.2) is 18.2 Å². The zero-order valence-corrected chi connectivity index (χ0v) is 10.8. The van der Waals surface area contributed by atoms with Crippen LogP contribution in [0.25, 0.3) is 0 Å². The average molecular weight is 249 g/mol. The molecule has 4 heteroatoms. The molecule has 1 fully saturated rings. The van der Waals surface area contributed by atoms with Crippen LogP contribution in [0.2, 0.25) is 0 Å². The average Bonchev–Trinajstić information content (AvgIpc) is 2.34. The fourth-order valence-electron chi connectivity index (χ4n) is 2.56. The Morgan fingerprint density at radius 1 is 1.28 bits per heavy atom. The Morgan fingerprint density at radius 2 is 1.83 bits per heavy atom. The van der Waals surface area contributed by atoms with Crippen molar-refractivity contribution in [1.82, 2.24) is 4.90 Å². The van der Waals surface area contributed by atoms with Crippen molar-refractivity contribution >= 4 is 5.97 Å². The van der Waals surface area contributed by atoms with Crippen LogP contribution >= 0.6 is 0 Å². The molecule has 18 heavy (non-hydrogen) atoms. The fraction of sp³-hybridized carbons (Fsp3) is 0.500. The number of morpholine rings is 1. The van der Waals surface area contributed by atoms with Crippen LogP contribution in [-0.2, 0) is 9.53 Å². The molecule has 1 aromatic carbocycles. The first-order valence-corrected chi connectivity index (χ1v) is 6.22. The lowest BCUT2D eigenvalue weighted by Crippen LogP contribution is -2.42.